The lowest BCUT2D eigenvalue weighted by Gasteiger charge is -2.55. The Morgan fingerprint density at radius 3 is 2.25 bits per heavy atom. The summed E-state index contributed by atoms with van der Waals surface area (Å²) < 4.78 is 11.5. The quantitative estimate of drug-likeness (QED) is 0.291. The van der Waals surface area contributed by atoms with Crippen molar-refractivity contribution in [3.8, 4) is 17.6 Å². The first-order valence-electron chi connectivity index (χ1n) is 21.5. The van der Waals surface area contributed by atoms with E-state index < -0.39 is 29.7 Å². The summed E-state index contributed by atoms with van der Waals surface area (Å²) in [6.07, 6.45) is 6.72. The van der Waals surface area contributed by atoms with Gasteiger partial charge in [0.2, 0.25) is 5.91 Å². The number of carbonyl (C=O) groups is 5. The number of ether oxygens (including phenoxy) is 2. The fourth-order valence-corrected chi connectivity index (χ4v) is 10.4. The number of nitrogens with zero attached hydrogens (tertiary/aromatic N) is 8. The van der Waals surface area contributed by atoms with Gasteiger partial charge in [-0.2, -0.15) is 5.26 Å². The molecule has 1 aromatic heterocycles. The summed E-state index contributed by atoms with van der Waals surface area (Å²) in [5, 5.41) is 17.5. The van der Waals surface area contributed by atoms with Crippen molar-refractivity contribution >= 4 is 41.0 Å². The number of nitriles is 1. The smallest absolute Gasteiger partial charge is 0.269 e. The maximum absolute atomic E-state index is 14.1. The lowest BCUT2D eigenvalue weighted by Crippen LogP contribution is -2.60. The fraction of sp³-hybridized carbons (Fsp3) is 0.511. The molecule has 1 saturated carbocycles. The monoisotopic (exact) mass is 829 g/mol. The van der Waals surface area contributed by atoms with Crippen LogP contribution < -0.4 is 25.0 Å². The maximum atomic E-state index is 14.1. The number of fused-ring (bicyclic) bond motifs is 1. The van der Waals surface area contributed by atoms with Crippen LogP contribution in [0.4, 0.5) is 11.5 Å². The number of hydrogen-bond acceptors (Lipinski definition) is 13. The van der Waals surface area contributed by atoms with E-state index in [1.165, 1.54) is 12.0 Å². The third-order valence-electron chi connectivity index (χ3n) is 13.9. The SMILES string of the molecule is COc1cc(OC2CCC(N3C(=O)CCC(N4C(=O)c5ccc(N6CC7(CCN(CC8CCN(c9ccc(C(N)=O)nn9)CC8)CC7)C6)cc5C4=O)C3=O)CC2)ccc1C#N. The zero-order valence-electron chi connectivity index (χ0n) is 34.5. The van der Waals surface area contributed by atoms with Crippen molar-refractivity contribution in [1.82, 2.24) is 24.9 Å². The molecule has 0 bridgehead atoms. The molecule has 6 heterocycles. The molecule has 2 N–H and O–H groups in total. The Bertz CT molecular complexity index is 2260. The van der Waals surface area contributed by atoms with Crippen LogP contribution in [0.15, 0.2) is 48.5 Å². The minimum absolute atomic E-state index is 0.0778. The van der Waals surface area contributed by atoms with Crippen molar-refractivity contribution in [3.05, 3.63) is 70.9 Å². The molecule has 5 amide bonds. The number of likely N-dealkylation sites (tertiary alicyclic amines) is 2. The number of rotatable bonds is 10. The average Bonchev–Trinajstić information content (AvgIpc) is 3.51. The first-order chi connectivity index (χ1) is 29.5. The van der Waals surface area contributed by atoms with Crippen LogP contribution in [0.25, 0.3) is 0 Å². The number of benzene rings is 2. The average molecular weight is 830 g/mol. The van der Waals surface area contributed by atoms with Gasteiger partial charge in [-0.25, -0.2) is 0 Å². The highest BCUT2D eigenvalue weighted by molar-refractivity contribution is 6.23. The Balaban J connectivity index is 0.756. The highest BCUT2D eigenvalue weighted by atomic mass is 16.5. The normalized spacial score (nSPS) is 24.4. The number of anilines is 2. The van der Waals surface area contributed by atoms with E-state index in [4.69, 9.17) is 15.2 Å². The van der Waals surface area contributed by atoms with Crippen LogP contribution in [-0.4, -0.2) is 126 Å². The van der Waals surface area contributed by atoms with Gasteiger partial charge in [0.15, 0.2) is 11.5 Å². The van der Waals surface area contributed by atoms with E-state index in [1.807, 2.05) is 18.2 Å². The molecular formula is C45H51N9O7. The summed E-state index contributed by atoms with van der Waals surface area (Å²) in [6.45, 7) is 6.79. The number of carbonyl (C=O) groups excluding carboxylic acids is 5. The molecule has 16 nitrogen and oxygen atoms in total. The van der Waals surface area contributed by atoms with E-state index in [9.17, 15) is 29.2 Å². The molecular weight excluding hydrogens is 779 g/mol. The molecule has 3 aromatic rings. The van der Waals surface area contributed by atoms with Crippen molar-refractivity contribution in [1.29, 1.82) is 5.26 Å². The topological polar surface area (TPSA) is 196 Å². The second kappa shape index (κ2) is 16.4. The molecule has 16 heteroatoms. The fourth-order valence-electron chi connectivity index (χ4n) is 10.4. The van der Waals surface area contributed by atoms with Crippen molar-refractivity contribution in [2.45, 2.75) is 82.4 Å². The lowest BCUT2D eigenvalue weighted by atomic mass is 9.71. The van der Waals surface area contributed by atoms with Crippen LogP contribution in [0.3, 0.4) is 0 Å². The first-order valence-corrected chi connectivity index (χ1v) is 21.5. The highest BCUT2D eigenvalue weighted by Gasteiger charge is 2.50. The standard InChI is InChI=1S/C45H51N9O7/c1-60-38-23-33(6-2-29(38)24-46)61-32-7-3-30(4-8-32)53-40(55)13-11-37(44(53)59)54-42(57)34-9-5-31(22-35(34)43(54)58)52-26-45(27-52)16-20-50(21-17-45)25-28-14-18-51(19-15-28)39-12-10-36(41(47)56)48-49-39/h2,5-6,9-10,12,22-23,28,30,32,37H,3-4,7-8,11,13-21,25-27H2,1H3,(H2,47,56). The van der Waals surface area contributed by atoms with Crippen LogP contribution >= 0.6 is 0 Å². The number of primary amides is 1. The zero-order chi connectivity index (χ0) is 42.4. The number of piperidine rings is 3. The van der Waals surface area contributed by atoms with E-state index in [0.717, 1.165) is 87.9 Å². The van der Waals surface area contributed by atoms with Crippen LogP contribution in [-0.2, 0) is 9.59 Å². The Morgan fingerprint density at radius 2 is 1.57 bits per heavy atom. The van der Waals surface area contributed by atoms with Gasteiger partial charge in [0.05, 0.1) is 29.9 Å². The van der Waals surface area contributed by atoms with Gasteiger partial charge in [-0.15, -0.1) is 10.2 Å². The van der Waals surface area contributed by atoms with E-state index in [-0.39, 0.29) is 42.0 Å². The summed E-state index contributed by atoms with van der Waals surface area (Å²) in [5.41, 5.74) is 7.63. The van der Waals surface area contributed by atoms with Gasteiger partial charge in [-0.05, 0) is 119 Å². The van der Waals surface area contributed by atoms with Gasteiger partial charge in [0.25, 0.3) is 23.6 Å². The van der Waals surface area contributed by atoms with Gasteiger partial charge in [-0.1, -0.05) is 0 Å². The zero-order valence-corrected chi connectivity index (χ0v) is 34.5. The number of nitrogens with two attached hydrogens (primary N) is 1. The molecule has 0 radical (unpaired) electrons. The van der Waals surface area contributed by atoms with Crippen molar-refractivity contribution < 1.29 is 33.4 Å². The molecule has 5 fully saturated rings. The Labute approximate surface area is 354 Å². The summed E-state index contributed by atoms with van der Waals surface area (Å²) in [7, 11) is 1.50. The predicted octanol–water partition coefficient (Wildman–Crippen LogP) is 3.78. The molecule has 1 atom stereocenters. The molecule has 5 aliphatic heterocycles. The van der Waals surface area contributed by atoms with Gasteiger partial charge in [0, 0.05) is 62.4 Å². The van der Waals surface area contributed by atoms with E-state index in [1.54, 1.807) is 30.3 Å². The van der Waals surface area contributed by atoms with Crippen LogP contribution in [0.5, 0.6) is 11.5 Å². The molecule has 61 heavy (non-hydrogen) atoms. The summed E-state index contributed by atoms with van der Waals surface area (Å²) in [5.74, 6) is 0.101. The van der Waals surface area contributed by atoms with Crippen molar-refractivity contribution in [2.24, 2.45) is 17.1 Å². The molecule has 4 saturated heterocycles. The highest BCUT2D eigenvalue weighted by Crippen LogP contribution is 2.44. The maximum Gasteiger partial charge on any atom is 0.269 e. The van der Waals surface area contributed by atoms with E-state index >= 15 is 0 Å². The van der Waals surface area contributed by atoms with Gasteiger partial charge in [-0.3, -0.25) is 33.8 Å². The summed E-state index contributed by atoms with van der Waals surface area (Å²) in [6, 6.07) is 14.7. The molecule has 318 valence electrons. The minimum atomic E-state index is -1.03. The molecule has 2 aromatic carbocycles. The Hall–Kier alpha value is -6.08. The third kappa shape index (κ3) is 7.75. The number of aromatic nitrogens is 2. The van der Waals surface area contributed by atoms with Gasteiger partial charge >= 0.3 is 0 Å². The number of methoxy groups -OCH3 is 1. The number of imide groups is 2. The molecule has 1 unspecified atom stereocenters. The largest absolute Gasteiger partial charge is 0.495 e. The second-order valence-electron chi connectivity index (χ2n) is 17.6. The molecule has 1 aliphatic carbocycles. The second-order valence-corrected chi connectivity index (χ2v) is 17.6. The van der Waals surface area contributed by atoms with Gasteiger partial charge < -0.3 is 29.9 Å². The molecule has 9 rings (SSSR count). The Morgan fingerprint density at radius 1 is 0.836 bits per heavy atom. The molecule has 6 aliphatic rings. The third-order valence-corrected chi connectivity index (χ3v) is 13.9. The van der Waals surface area contributed by atoms with E-state index in [0.29, 0.717) is 59.8 Å². The van der Waals surface area contributed by atoms with Gasteiger partial charge in [0.1, 0.15) is 23.6 Å². The summed E-state index contributed by atoms with van der Waals surface area (Å²) in [4.78, 5) is 75.9. The van der Waals surface area contributed by atoms with E-state index in [2.05, 4.69) is 31.0 Å². The minimum Gasteiger partial charge on any atom is -0.495 e. The van der Waals surface area contributed by atoms with Crippen LogP contribution in [0.1, 0.15) is 101 Å². The number of amides is 5. The lowest BCUT2D eigenvalue weighted by molar-refractivity contribution is -0.155. The number of hydrogen-bond donors (Lipinski definition) is 1. The van der Waals surface area contributed by atoms with Crippen molar-refractivity contribution in [2.75, 3.05) is 62.7 Å². The molecule has 1 spiro atoms. The summed E-state index contributed by atoms with van der Waals surface area (Å²) >= 11 is 0. The predicted molar refractivity (Wildman–Crippen MR) is 222 cm³/mol. The Kier molecular flexibility index (Phi) is 10.9. The van der Waals surface area contributed by atoms with Crippen LogP contribution in [0, 0.1) is 22.7 Å². The first kappa shape index (κ1) is 40.3. The van der Waals surface area contributed by atoms with Crippen molar-refractivity contribution in [3.63, 3.8) is 0 Å². The van der Waals surface area contributed by atoms with Crippen LogP contribution in [0.2, 0.25) is 0 Å².